The van der Waals surface area contributed by atoms with Gasteiger partial charge in [-0.25, -0.2) is 4.79 Å². The molecule has 1 aliphatic heterocycles. The molecule has 1 saturated heterocycles. The predicted octanol–water partition coefficient (Wildman–Crippen LogP) is 1.85. The van der Waals surface area contributed by atoms with Crippen molar-refractivity contribution in [1.29, 1.82) is 0 Å². The number of hydrogen-bond acceptors (Lipinski definition) is 8. The lowest BCUT2D eigenvalue weighted by atomic mass is 9.79. The Hall–Kier alpha value is -0.520. The number of alkyl halides is 1. The van der Waals surface area contributed by atoms with E-state index in [1.54, 1.807) is 20.8 Å². The van der Waals surface area contributed by atoms with E-state index in [0.29, 0.717) is 0 Å². The van der Waals surface area contributed by atoms with Crippen LogP contribution in [0.2, 0.25) is 0 Å². The Labute approximate surface area is 175 Å². The van der Waals surface area contributed by atoms with E-state index in [4.69, 9.17) is 13.7 Å². The maximum absolute atomic E-state index is 11.9. The van der Waals surface area contributed by atoms with Crippen molar-refractivity contribution in [2.24, 2.45) is 17.8 Å². The van der Waals surface area contributed by atoms with Crippen molar-refractivity contribution in [2.45, 2.75) is 56.6 Å². The zero-order valence-corrected chi connectivity index (χ0v) is 19.7. The first kappa shape index (κ1) is 25.5. The highest BCUT2D eigenvalue weighted by Gasteiger charge is 2.57. The van der Waals surface area contributed by atoms with Crippen LogP contribution in [0, 0.1) is 17.8 Å². The third-order valence-corrected chi connectivity index (χ3v) is 7.48. The lowest BCUT2D eigenvalue weighted by Crippen LogP contribution is -2.54. The molecule has 0 amide bonds. The summed E-state index contributed by atoms with van der Waals surface area (Å²) in [5, 5.41) is 10.8. The van der Waals surface area contributed by atoms with E-state index < -0.39 is 52.0 Å². The molecule has 0 spiro atoms. The summed E-state index contributed by atoms with van der Waals surface area (Å²) in [5.74, 6) is -1.74. The van der Waals surface area contributed by atoms with Crippen LogP contribution in [-0.2, 0) is 33.3 Å². The molecule has 0 aromatic carbocycles. The molecule has 0 bridgehead atoms. The second-order valence-electron chi connectivity index (χ2n) is 7.48. The van der Waals surface area contributed by atoms with Gasteiger partial charge in [-0.2, -0.15) is 8.42 Å². The van der Waals surface area contributed by atoms with E-state index in [1.807, 2.05) is 6.92 Å². The van der Waals surface area contributed by atoms with Gasteiger partial charge < -0.3 is 19.3 Å². The molecule has 1 rings (SSSR count). The van der Waals surface area contributed by atoms with Gasteiger partial charge in [-0.3, -0.25) is 4.18 Å². The van der Waals surface area contributed by atoms with Crippen LogP contribution in [0.3, 0.4) is 0 Å². The number of carbonyl (C=O) groups is 1. The molecule has 1 N–H and O–H groups in total. The second kappa shape index (κ2) is 9.99. The first-order valence-corrected chi connectivity index (χ1v) is 11.7. The molecule has 1 fully saturated rings. The van der Waals surface area contributed by atoms with Gasteiger partial charge >= 0.3 is 5.97 Å². The normalized spacial score (nSPS) is 32.8. The second-order valence-corrected chi connectivity index (χ2v) is 10.1. The number of aliphatic hydroxyl groups excluding tert-OH is 1. The van der Waals surface area contributed by atoms with Gasteiger partial charge in [-0.15, -0.1) is 0 Å². The summed E-state index contributed by atoms with van der Waals surface area (Å²) in [7, 11) is -1.07. The highest BCUT2D eigenvalue weighted by atomic mass is 79.9. The smallest absolute Gasteiger partial charge is 0.330 e. The van der Waals surface area contributed by atoms with E-state index in [0.717, 1.165) is 6.26 Å². The van der Waals surface area contributed by atoms with Crippen LogP contribution in [0.4, 0.5) is 0 Å². The average Bonchev–Trinajstić information content (AvgIpc) is 2.86. The van der Waals surface area contributed by atoms with Gasteiger partial charge in [0.05, 0.1) is 24.3 Å². The van der Waals surface area contributed by atoms with E-state index in [9.17, 15) is 18.3 Å². The Balaban J connectivity index is 3.20. The van der Waals surface area contributed by atoms with Gasteiger partial charge in [0, 0.05) is 30.9 Å². The minimum atomic E-state index is -3.84. The molecule has 0 aromatic rings. The van der Waals surface area contributed by atoms with Gasteiger partial charge in [-0.05, 0) is 6.92 Å². The SMILES string of the molecule is COC(=O)/C=C\[C@H](C)[C@@H](O)[C@H](C)[C@@H](OS(C)(=O)=O)[C@]1(C)O[C@@H](OC)[C@H](C)[C@H]1Br. The maximum Gasteiger partial charge on any atom is 0.330 e. The van der Waals surface area contributed by atoms with Crippen LogP contribution in [0.1, 0.15) is 27.7 Å². The molecule has 164 valence electrons. The number of methoxy groups -OCH3 is 2. The summed E-state index contributed by atoms with van der Waals surface area (Å²) >= 11 is 3.59. The van der Waals surface area contributed by atoms with Gasteiger partial charge in [0.1, 0.15) is 11.7 Å². The van der Waals surface area contributed by atoms with E-state index in [1.165, 1.54) is 26.4 Å². The molecule has 8 nitrogen and oxygen atoms in total. The molecule has 1 aliphatic rings. The number of halogens is 1. The van der Waals surface area contributed by atoms with Gasteiger partial charge in [0.15, 0.2) is 6.29 Å². The molecule has 28 heavy (non-hydrogen) atoms. The highest BCUT2D eigenvalue weighted by molar-refractivity contribution is 9.09. The Morgan fingerprint density at radius 2 is 1.89 bits per heavy atom. The van der Waals surface area contributed by atoms with Crippen molar-refractivity contribution in [3.05, 3.63) is 12.2 Å². The Bertz CT molecular complexity index is 666. The molecule has 0 aliphatic carbocycles. The number of ether oxygens (including phenoxy) is 3. The van der Waals surface area contributed by atoms with E-state index in [2.05, 4.69) is 20.7 Å². The van der Waals surface area contributed by atoms with Crippen molar-refractivity contribution in [2.75, 3.05) is 20.5 Å². The van der Waals surface area contributed by atoms with Crippen LogP contribution < -0.4 is 0 Å². The number of esters is 1. The predicted molar refractivity (Wildman–Crippen MR) is 107 cm³/mol. The van der Waals surface area contributed by atoms with Crippen molar-refractivity contribution >= 4 is 32.0 Å². The Kier molecular flexibility index (Phi) is 9.11. The van der Waals surface area contributed by atoms with Gasteiger partial charge in [0.2, 0.25) is 0 Å². The Morgan fingerprint density at radius 1 is 1.32 bits per heavy atom. The molecule has 1 heterocycles. The zero-order chi connectivity index (χ0) is 21.9. The fourth-order valence-corrected chi connectivity index (χ4v) is 4.89. The number of rotatable bonds is 9. The quantitative estimate of drug-likeness (QED) is 0.227. The summed E-state index contributed by atoms with van der Waals surface area (Å²) in [5.41, 5.74) is -1.09. The zero-order valence-electron chi connectivity index (χ0n) is 17.3. The van der Waals surface area contributed by atoms with Crippen LogP contribution in [0.15, 0.2) is 12.2 Å². The molecule has 0 saturated carbocycles. The Morgan fingerprint density at radius 3 is 2.32 bits per heavy atom. The molecule has 0 radical (unpaired) electrons. The van der Waals surface area contributed by atoms with Crippen LogP contribution in [-0.4, -0.2) is 68.9 Å². The summed E-state index contributed by atoms with van der Waals surface area (Å²) in [6.07, 6.45) is 1.12. The molecule has 8 atom stereocenters. The molecule has 10 heteroatoms. The van der Waals surface area contributed by atoms with Gasteiger partial charge in [0.25, 0.3) is 10.1 Å². The highest BCUT2D eigenvalue weighted by Crippen LogP contribution is 2.46. The minimum absolute atomic E-state index is 0.0818. The van der Waals surface area contributed by atoms with Crippen LogP contribution in [0.25, 0.3) is 0 Å². The monoisotopic (exact) mass is 486 g/mol. The summed E-state index contributed by atoms with van der Waals surface area (Å²) in [6, 6.07) is 0. The third-order valence-electron chi connectivity index (χ3n) is 5.18. The summed E-state index contributed by atoms with van der Waals surface area (Å²) < 4.78 is 45.2. The van der Waals surface area contributed by atoms with Crippen molar-refractivity contribution in [3.8, 4) is 0 Å². The molecular weight excluding hydrogens is 456 g/mol. The fourth-order valence-electron chi connectivity index (χ4n) is 3.53. The summed E-state index contributed by atoms with van der Waals surface area (Å²) in [6.45, 7) is 7.04. The van der Waals surface area contributed by atoms with Crippen molar-refractivity contribution in [3.63, 3.8) is 0 Å². The summed E-state index contributed by atoms with van der Waals surface area (Å²) in [4.78, 5) is 11.0. The van der Waals surface area contributed by atoms with Crippen molar-refractivity contribution < 1.29 is 36.7 Å². The first-order chi connectivity index (χ1) is 12.8. The van der Waals surface area contributed by atoms with E-state index in [-0.39, 0.29) is 10.7 Å². The molecule has 0 aromatic heterocycles. The molecule has 0 unspecified atom stereocenters. The van der Waals surface area contributed by atoms with Crippen LogP contribution in [0.5, 0.6) is 0 Å². The lowest BCUT2D eigenvalue weighted by Gasteiger charge is -2.41. The number of carbonyl (C=O) groups excluding carboxylic acids is 1. The number of hydrogen-bond donors (Lipinski definition) is 1. The minimum Gasteiger partial charge on any atom is -0.466 e. The third kappa shape index (κ3) is 5.99. The van der Waals surface area contributed by atoms with E-state index >= 15 is 0 Å². The standard InChI is InChI=1S/C18H31BrO8S/c1-10(8-9-13(20)24-5)14(21)11(2)16(27-28(7,22)23)18(4)15(19)12(3)17(25-6)26-18/h8-12,14-17,21H,1-7H3/b9-8-/t10-,11-,12+,14+,15+,16+,17+,18+/m0/s1. The first-order valence-electron chi connectivity index (χ1n) is 8.95. The number of aliphatic hydroxyl groups is 1. The van der Waals surface area contributed by atoms with Gasteiger partial charge in [-0.1, -0.05) is 42.8 Å². The maximum atomic E-state index is 11.9. The average molecular weight is 487 g/mol. The largest absolute Gasteiger partial charge is 0.466 e. The topological polar surface area (TPSA) is 108 Å². The molecular formula is C18H31BrO8S. The lowest BCUT2D eigenvalue weighted by molar-refractivity contribution is -0.194. The fraction of sp³-hybridized carbons (Fsp3) is 0.833. The van der Waals surface area contributed by atoms with Crippen LogP contribution >= 0.6 is 15.9 Å². The van der Waals surface area contributed by atoms with Crippen molar-refractivity contribution in [1.82, 2.24) is 0 Å².